The van der Waals surface area contributed by atoms with E-state index in [-0.39, 0.29) is 5.41 Å². The second kappa shape index (κ2) is 4.03. The molecule has 0 bridgehead atoms. The summed E-state index contributed by atoms with van der Waals surface area (Å²) in [6.45, 7) is 10.0. The van der Waals surface area contributed by atoms with Gasteiger partial charge >= 0.3 is 0 Å². The van der Waals surface area contributed by atoms with Gasteiger partial charge in [0.05, 0.1) is 13.2 Å². The van der Waals surface area contributed by atoms with Gasteiger partial charge in [-0.05, 0) is 12.3 Å². The summed E-state index contributed by atoms with van der Waals surface area (Å²) >= 11 is 0. The van der Waals surface area contributed by atoms with Gasteiger partial charge in [-0.25, -0.2) is 0 Å². The summed E-state index contributed by atoms with van der Waals surface area (Å²) in [6, 6.07) is 0. The smallest absolute Gasteiger partial charge is 0.283 e. The highest BCUT2D eigenvalue weighted by molar-refractivity contribution is 4.84. The molecule has 1 fully saturated rings. The lowest BCUT2D eigenvalue weighted by Gasteiger charge is -2.31. The van der Waals surface area contributed by atoms with E-state index >= 15 is 0 Å². The third-order valence-electron chi connectivity index (χ3n) is 1.84. The van der Waals surface area contributed by atoms with E-state index in [1.54, 1.807) is 0 Å². The SMILES string of the molecule is CC(C)C[C]=C1OCC(C)(C)CO1. The van der Waals surface area contributed by atoms with Gasteiger partial charge in [-0.15, -0.1) is 0 Å². The number of allylic oxidation sites excluding steroid dienone is 1. The zero-order chi connectivity index (χ0) is 9.90. The van der Waals surface area contributed by atoms with E-state index in [4.69, 9.17) is 9.47 Å². The topological polar surface area (TPSA) is 18.5 Å². The third-order valence-corrected chi connectivity index (χ3v) is 1.84. The molecule has 1 radical (unpaired) electrons. The van der Waals surface area contributed by atoms with Gasteiger partial charge in [0, 0.05) is 11.5 Å². The summed E-state index contributed by atoms with van der Waals surface area (Å²) in [5, 5.41) is 0. The van der Waals surface area contributed by atoms with Gasteiger partial charge in [0.1, 0.15) is 0 Å². The summed E-state index contributed by atoms with van der Waals surface area (Å²) in [5.74, 6) is 1.20. The molecule has 0 N–H and O–H groups in total. The molecule has 0 aromatic carbocycles. The Labute approximate surface area is 80.9 Å². The molecule has 0 saturated carbocycles. The maximum atomic E-state index is 5.43. The largest absolute Gasteiger partial charge is 0.465 e. The molecule has 0 amide bonds. The zero-order valence-corrected chi connectivity index (χ0v) is 9.02. The molecule has 1 heterocycles. The Morgan fingerprint density at radius 1 is 1.31 bits per heavy atom. The maximum Gasteiger partial charge on any atom is 0.283 e. The van der Waals surface area contributed by atoms with Crippen molar-refractivity contribution in [2.75, 3.05) is 13.2 Å². The van der Waals surface area contributed by atoms with Crippen LogP contribution in [0.2, 0.25) is 0 Å². The first-order chi connectivity index (χ1) is 5.99. The molecular weight excluding hydrogens is 164 g/mol. The predicted molar refractivity (Wildman–Crippen MR) is 51.9 cm³/mol. The van der Waals surface area contributed by atoms with Crippen molar-refractivity contribution in [1.29, 1.82) is 0 Å². The van der Waals surface area contributed by atoms with Gasteiger partial charge < -0.3 is 9.47 Å². The lowest BCUT2D eigenvalue weighted by molar-refractivity contribution is -0.0870. The van der Waals surface area contributed by atoms with Crippen molar-refractivity contribution in [2.24, 2.45) is 11.3 Å². The van der Waals surface area contributed by atoms with Crippen LogP contribution in [-0.4, -0.2) is 13.2 Å². The van der Waals surface area contributed by atoms with Crippen LogP contribution >= 0.6 is 0 Å². The molecule has 1 rings (SSSR count). The highest BCUT2D eigenvalue weighted by Gasteiger charge is 2.26. The summed E-state index contributed by atoms with van der Waals surface area (Å²) < 4.78 is 10.9. The third kappa shape index (κ3) is 3.71. The molecule has 0 spiro atoms. The van der Waals surface area contributed by atoms with E-state index in [2.05, 4.69) is 33.8 Å². The summed E-state index contributed by atoms with van der Waals surface area (Å²) in [7, 11) is 0. The van der Waals surface area contributed by atoms with E-state index in [0.717, 1.165) is 19.6 Å². The van der Waals surface area contributed by atoms with Crippen LogP contribution in [0.5, 0.6) is 0 Å². The average molecular weight is 183 g/mol. The molecule has 0 aliphatic carbocycles. The second-order valence-electron chi connectivity index (χ2n) is 4.80. The van der Waals surface area contributed by atoms with Gasteiger partial charge in [-0.1, -0.05) is 27.7 Å². The van der Waals surface area contributed by atoms with E-state index in [1.165, 1.54) is 0 Å². The van der Waals surface area contributed by atoms with Crippen molar-refractivity contribution in [3.63, 3.8) is 0 Å². The highest BCUT2D eigenvalue weighted by atomic mass is 16.7. The lowest BCUT2D eigenvalue weighted by Crippen LogP contribution is -2.30. The molecule has 1 aliphatic rings. The van der Waals surface area contributed by atoms with E-state index in [1.807, 2.05) is 0 Å². The fourth-order valence-electron chi connectivity index (χ4n) is 0.995. The van der Waals surface area contributed by atoms with Crippen molar-refractivity contribution >= 4 is 0 Å². The van der Waals surface area contributed by atoms with Crippen LogP contribution in [-0.2, 0) is 9.47 Å². The summed E-state index contributed by atoms with van der Waals surface area (Å²) in [4.78, 5) is 0. The first-order valence-corrected chi connectivity index (χ1v) is 4.86. The Morgan fingerprint density at radius 2 is 1.85 bits per heavy atom. The number of rotatable bonds is 2. The molecule has 75 valence electrons. The fourth-order valence-corrected chi connectivity index (χ4v) is 0.995. The summed E-state index contributed by atoms with van der Waals surface area (Å²) in [5.41, 5.74) is 0.142. The average Bonchev–Trinajstić information content (AvgIpc) is 2.02. The number of hydrogen-bond donors (Lipinski definition) is 0. The monoisotopic (exact) mass is 183 g/mol. The standard InChI is InChI=1S/C11H19O2/c1-9(2)5-6-10-12-7-11(3,4)8-13-10/h9H,5,7-8H2,1-4H3. The molecule has 13 heavy (non-hydrogen) atoms. The Balaban J connectivity index is 2.36. The van der Waals surface area contributed by atoms with Crippen molar-refractivity contribution in [1.82, 2.24) is 0 Å². The highest BCUT2D eigenvalue weighted by Crippen LogP contribution is 2.24. The Bertz CT molecular complexity index is 180. The number of ether oxygens (including phenoxy) is 2. The minimum absolute atomic E-state index is 0.142. The van der Waals surface area contributed by atoms with Crippen molar-refractivity contribution in [2.45, 2.75) is 34.1 Å². The van der Waals surface area contributed by atoms with Crippen LogP contribution in [0, 0.1) is 17.4 Å². The second-order valence-corrected chi connectivity index (χ2v) is 4.80. The Hall–Kier alpha value is -0.660. The molecule has 0 atom stereocenters. The fraction of sp³-hybridized carbons (Fsp3) is 0.818. The Kier molecular flexibility index (Phi) is 3.23. The first-order valence-electron chi connectivity index (χ1n) is 4.86. The predicted octanol–water partition coefficient (Wildman–Crippen LogP) is 2.75. The minimum Gasteiger partial charge on any atom is -0.465 e. The van der Waals surface area contributed by atoms with Crippen LogP contribution in [0.15, 0.2) is 5.95 Å². The maximum absolute atomic E-state index is 5.43. The van der Waals surface area contributed by atoms with Gasteiger partial charge in [0.2, 0.25) is 0 Å². The molecule has 0 aromatic heterocycles. The van der Waals surface area contributed by atoms with Gasteiger partial charge in [0.15, 0.2) is 0 Å². The Morgan fingerprint density at radius 3 is 2.31 bits per heavy atom. The molecule has 2 heteroatoms. The van der Waals surface area contributed by atoms with Crippen LogP contribution in [0.4, 0.5) is 0 Å². The normalized spacial score (nSPS) is 20.8. The van der Waals surface area contributed by atoms with Crippen molar-refractivity contribution < 1.29 is 9.47 Å². The molecule has 0 aromatic rings. The van der Waals surface area contributed by atoms with E-state index < -0.39 is 0 Å². The minimum atomic E-state index is 0.142. The van der Waals surface area contributed by atoms with Crippen LogP contribution in [0.25, 0.3) is 0 Å². The van der Waals surface area contributed by atoms with Crippen molar-refractivity contribution in [3.05, 3.63) is 12.0 Å². The summed E-state index contributed by atoms with van der Waals surface area (Å²) in [6.07, 6.45) is 4.03. The first kappa shape index (κ1) is 10.4. The van der Waals surface area contributed by atoms with Crippen molar-refractivity contribution in [3.8, 4) is 0 Å². The molecule has 2 nitrogen and oxygen atoms in total. The van der Waals surface area contributed by atoms with Gasteiger partial charge in [-0.3, -0.25) is 0 Å². The molecular formula is C11H19O2. The molecule has 1 aliphatic heterocycles. The van der Waals surface area contributed by atoms with Crippen LogP contribution < -0.4 is 0 Å². The lowest BCUT2D eigenvalue weighted by atomic mass is 9.96. The molecule has 1 saturated heterocycles. The van der Waals surface area contributed by atoms with E-state index in [9.17, 15) is 0 Å². The zero-order valence-electron chi connectivity index (χ0n) is 9.02. The number of hydrogen-bond acceptors (Lipinski definition) is 2. The van der Waals surface area contributed by atoms with E-state index in [0.29, 0.717) is 11.9 Å². The quantitative estimate of drug-likeness (QED) is 0.655. The molecule has 0 unspecified atom stereocenters. The van der Waals surface area contributed by atoms with Crippen LogP contribution in [0.3, 0.4) is 0 Å². The van der Waals surface area contributed by atoms with Crippen LogP contribution in [0.1, 0.15) is 34.1 Å². The van der Waals surface area contributed by atoms with Gasteiger partial charge in [0.25, 0.3) is 5.95 Å². The van der Waals surface area contributed by atoms with Gasteiger partial charge in [-0.2, -0.15) is 0 Å².